The molecule has 2 N–H and O–H groups in total. The molecule has 2 aromatic carbocycles. The fourth-order valence-corrected chi connectivity index (χ4v) is 2.87. The molecule has 2 aromatic rings. The first kappa shape index (κ1) is 15.9. The van der Waals surface area contributed by atoms with Crippen molar-refractivity contribution in [3.05, 3.63) is 56.5 Å². The highest BCUT2D eigenvalue weighted by Gasteiger charge is 2.15. The summed E-state index contributed by atoms with van der Waals surface area (Å²) in [6.45, 7) is 0. The third-order valence-electron chi connectivity index (χ3n) is 2.73. The first-order valence-electron chi connectivity index (χ1n) is 5.85. The molecule has 0 aromatic heterocycles. The van der Waals surface area contributed by atoms with Crippen LogP contribution < -0.4 is 10.6 Å². The molecule has 21 heavy (non-hydrogen) atoms. The summed E-state index contributed by atoms with van der Waals surface area (Å²) in [4.78, 5) is 12.1. The summed E-state index contributed by atoms with van der Waals surface area (Å²) in [5.41, 5.74) is 0.136. The van der Waals surface area contributed by atoms with Gasteiger partial charge in [-0.2, -0.15) is 0 Å². The van der Waals surface area contributed by atoms with Gasteiger partial charge in [0.1, 0.15) is 17.3 Å². The third-order valence-corrected chi connectivity index (χ3v) is 3.88. The maximum Gasteiger partial charge on any atom is 0.255 e. The van der Waals surface area contributed by atoms with E-state index in [1.807, 2.05) is 0 Å². The molecule has 0 unspecified atom stereocenters. The molecule has 110 valence electrons. The Morgan fingerprint density at radius 3 is 2.24 bits per heavy atom. The predicted molar refractivity (Wildman–Crippen MR) is 85.7 cm³/mol. The van der Waals surface area contributed by atoms with Crippen LogP contribution in [0.1, 0.15) is 10.4 Å². The van der Waals surface area contributed by atoms with E-state index >= 15 is 0 Å². The fraction of sp³-hybridized carbons (Fsp3) is 0.0714. The van der Waals surface area contributed by atoms with E-state index in [0.717, 1.165) is 16.6 Å². The minimum Gasteiger partial charge on any atom is -0.383 e. The number of benzene rings is 2. The van der Waals surface area contributed by atoms with Crippen molar-refractivity contribution in [3.8, 4) is 0 Å². The van der Waals surface area contributed by atoms with Gasteiger partial charge in [-0.25, -0.2) is 8.78 Å². The van der Waals surface area contributed by atoms with Crippen molar-refractivity contribution < 1.29 is 13.6 Å². The largest absolute Gasteiger partial charge is 0.383 e. The average molecular weight is 420 g/mol. The van der Waals surface area contributed by atoms with Crippen molar-refractivity contribution in [2.75, 3.05) is 17.7 Å². The quantitative estimate of drug-likeness (QED) is 0.751. The van der Waals surface area contributed by atoms with E-state index in [9.17, 15) is 13.6 Å². The van der Waals surface area contributed by atoms with Crippen LogP contribution in [-0.4, -0.2) is 13.0 Å². The van der Waals surface area contributed by atoms with E-state index in [0.29, 0.717) is 10.2 Å². The summed E-state index contributed by atoms with van der Waals surface area (Å²) >= 11 is 6.59. The molecule has 3 nitrogen and oxygen atoms in total. The first-order valence-corrected chi connectivity index (χ1v) is 7.44. The van der Waals surface area contributed by atoms with Gasteiger partial charge in [0.25, 0.3) is 5.91 Å². The second-order valence-electron chi connectivity index (χ2n) is 4.14. The van der Waals surface area contributed by atoms with Gasteiger partial charge in [-0.15, -0.1) is 0 Å². The number of carbonyl (C=O) groups excluding carboxylic acids is 1. The number of hydrogen-bond donors (Lipinski definition) is 2. The molecule has 0 aliphatic carbocycles. The van der Waals surface area contributed by atoms with Crippen LogP contribution in [0.25, 0.3) is 0 Å². The Labute approximate surface area is 137 Å². The maximum atomic E-state index is 13.6. The second-order valence-corrected chi connectivity index (χ2v) is 5.91. The Hall–Kier alpha value is -1.47. The molecule has 0 bridgehead atoms. The number of rotatable bonds is 3. The molecule has 0 aliphatic rings. The van der Waals surface area contributed by atoms with Crippen LogP contribution in [0, 0.1) is 11.6 Å². The highest BCUT2D eigenvalue weighted by atomic mass is 79.9. The van der Waals surface area contributed by atoms with Crippen molar-refractivity contribution in [1.29, 1.82) is 0 Å². The molecular weight excluding hydrogens is 410 g/mol. The Kier molecular flexibility index (Phi) is 4.95. The highest BCUT2D eigenvalue weighted by Crippen LogP contribution is 2.27. The predicted octanol–water partition coefficient (Wildman–Crippen LogP) is 4.78. The van der Waals surface area contributed by atoms with Crippen LogP contribution in [0.4, 0.5) is 20.2 Å². The standard InChI is InChI=1S/C14H10Br2F2N2O/c1-19-13-10(17)4-7(5-11(13)18)14(21)20-12-3-2-8(15)6-9(12)16/h2-6,19H,1H3,(H,20,21). The highest BCUT2D eigenvalue weighted by molar-refractivity contribution is 9.11. The summed E-state index contributed by atoms with van der Waals surface area (Å²) in [5, 5.41) is 4.99. The van der Waals surface area contributed by atoms with Gasteiger partial charge >= 0.3 is 0 Å². The molecule has 0 saturated heterocycles. The van der Waals surface area contributed by atoms with Crippen LogP contribution >= 0.6 is 31.9 Å². The Morgan fingerprint density at radius 2 is 1.71 bits per heavy atom. The van der Waals surface area contributed by atoms with E-state index < -0.39 is 17.5 Å². The van der Waals surface area contributed by atoms with E-state index in [1.54, 1.807) is 18.2 Å². The first-order chi connectivity index (χ1) is 9.92. The fourth-order valence-electron chi connectivity index (χ4n) is 1.73. The summed E-state index contributed by atoms with van der Waals surface area (Å²) in [6.07, 6.45) is 0. The van der Waals surface area contributed by atoms with Crippen molar-refractivity contribution in [2.24, 2.45) is 0 Å². The van der Waals surface area contributed by atoms with Crippen molar-refractivity contribution in [2.45, 2.75) is 0 Å². The van der Waals surface area contributed by atoms with Crippen LogP contribution in [0.5, 0.6) is 0 Å². The van der Waals surface area contributed by atoms with Gasteiger partial charge in [-0.05, 0) is 46.3 Å². The minimum atomic E-state index is -0.822. The van der Waals surface area contributed by atoms with Crippen LogP contribution in [0.2, 0.25) is 0 Å². The van der Waals surface area contributed by atoms with Gasteiger partial charge in [0.05, 0.1) is 5.69 Å². The molecule has 0 fully saturated rings. The lowest BCUT2D eigenvalue weighted by Crippen LogP contribution is -2.13. The topological polar surface area (TPSA) is 41.1 Å². The lowest BCUT2D eigenvalue weighted by atomic mass is 10.1. The smallest absolute Gasteiger partial charge is 0.255 e. The van der Waals surface area contributed by atoms with E-state index in [4.69, 9.17) is 0 Å². The van der Waals surface area contributed by atoms with Gasteiger partial charge in [0.2, 0.25) is 0 Å². The van der Waals surface area contributed by atoms with Crippen LogP contribution in [-0.2, 0) is 0 Å². The molecule has 0 atom stereocenters. The molecule has 1 amide bonds. The second kappa shape index (κ2) is 6.53. The molecular formula is C14H10Br2F2N2O. The Balaban J connectivity index is 2.28. The van der Waals surface area contributed by atoms with Crippen molar-refractivity contribution in [3.63, 3.8) is 0 Å². The molecule has 0 saturated carbocycles. The zero-order valence-corrected chi connectivity index (χ0v) is 14.0. The molecule has 0 heterocycles. The number of hydrogen-bond acceptors (Lipinski definition) is 2. The summed E-state index contributed by atoms with van der Waals surface area (Å²) < 4.78 is 28.8. The lowest BCUT2D eigenvalue weighted by Gasteiger charge is -2.10. The van der Waals surface area contributed by atoms with E-state index in [-0.39, 0.29) is 11.3 Å². The van der Waals surface area contributed by atoms with Crippen molar-refractivity contribution >= 4 is 49.1 Å². The molecule has 7 heteroatoms. The van der Waals surface area contributed by atoms with Gasteiger partial charge in [0, 0.05) is 21.6 Å². The van der Waals surface area contributed by atoms with Crippen LogP contribution in [0.3, 0.4) is 0 Å². The SMILES string of the molecule is CNc1c(F)cc(C(=O)Nc2ccc(Br)cc2Br)cc1F. The van der Waals surface area contributed by atoms with Crippen LogP contribution in [0.15, 0.2) is 39.3 Å². The monoisotopic (exact) mass is 418 g/mol. The molecule has 2 rings (SSSR count). The minimum absolute atomic E-state index is 0.0983. The zero-order valence-electron chi connectivity index (χ0n) is 10.8. The normalized spacial score (nSPS) is 10.3. The van der Waals surface area contributed by atoms with Gasteiger partial charge in [0.15, 0.2) is 0 Å². The summed E-state index contributed by atoms with van der Waals surface area (Å²) in [6, 6.07) is 7.13. The molecule has 0 radical (unpaired) electrons. The average Bonchev–Trinajstić information content (AvgIpc) is 2.41. The number of carbonyl (C=O) groups is 1. The van der Waals surface area contributed by atoms with E-state index in [2.05, 4.69) is 42.5 Å². The number of anilines is 2. The number of halogens is 4. The molecule has 0 spiro atoms. The lowest BCUT2D eigenvalue weighted by molar-refractivity contribution is 0.102. The van der Waals surface area contributed by atoms with E-state index in [1.165, 1.54) is 7.05 Å². The number of amides is 1. The van der Waals surface area contributed by atoms with Crippen molar-refractivity contribution in [1.82, 2.24) is 0 Å². The Bertz CT molecular complexity index is 684. The zero-order chi connectivity index (χ0) is 15.6. The number of nitrogens with one attached hydrogen (secondary N) is 2. The third kappa shape index (κ3) is 3.59. The summed E-state index contributed by atoms with van der Waals surface area (Å²) in [7, 11) is 1.40. The maximum absolute atomic E-state index is 13.6. The molecule has 0 aliphatic heterocycles. The Morgan fingerprint density at radius 1 is 1.10 bits per heavy atom. The van der Waals surface area contributed by atoms with Gasteiger partial charge in [-0.1, -0.05) is 15.9 Å². The summed E-state index contributed by atoms with van der Waals surface area (Å²) in [5.74, 6) is -2.24. The van der Waals surface area contributed by atoms with Gasteiger partial charge < -0.3 is 10.6 Å². The van der Waals surface area contributed by atoms with Gasteiger partial charge in [-0.3, -0.25) is 4.79 Å².